The van der Waals surface area contributed by atoms with Gasteiger partial charge in [0.05, 0.1) is 6.42 Å². The summed E-state index contributed by atoms with van der Waals surface area (Å²) in [6.45, 7) is 15.0. The van der Waals surface area contributed by atoms with Crippen LogP contribution in [0.4, 0.5) is 0 Å². The Bertz CT molecular complexity index is 771. The lowest BCUT2D eigenvalue weighted by atomic mass is 9.78. The predicted molar refractivity (Wildman–Crippen MR) is 112 cm³/mol. The second-order valence-corrected chi connectivity index (χ2v) is 9.48. The molecule has 3 nitrogen and oxygen atoms in total. The molecular weight excluding hydrogens is 334 g/mol. The Morgan fingerprint density at radius 1 is 0.889 bits per heavy atom. The third kappa shape index (κ3) is 5.59. The van der Waals surface area contributed by atoms with E-state index in [4.69, 9.17) is 0 Å². The largest absolute Gasteiger partial charge is 0.507 e. The molecule has 146 valence electrons. The summed E-state index contributed by atoms with van der Waals surface area (Å²) in [5.41, 5.74) is 4.61. The normalized spacial score (nSPS) is 12.1. The van der Waals surface area contributed by atoms with E-state index in [2.05, 4.69) is 46.9 Å². The van der Waals surface area contributed by atoms with Gasteiger partial charge in [0, 0.05) is 6.54 Å². The maximum Gasteiger partial charge on any atom is 0.224 e. The number of hydrogen-bond donors (Lipinski definition) is 2. The Morgan fingerprint density at radius 2 is 1.37 bits per heavy atom. The highest BCUT2D eigenvalue weighted by atomic mass is 16.3. The Hall–Kier alpha value is -2.29. The van der Waals surface area contributed by atoms with E-state index >= 15 is 0 Å². The van der Waals surface area contributed by atoms with Gasteiger partial charge in [-0.2, -0.15) is 0 Å². The minimum atomic E-state index is -0.196. The van der Waals surface area contributed by atoms with Crippen LogP contribution >= 0.6 is 0 Å². The average Bonchev–Trinajstić information content (AvgIpc) is 2.53. The van der Waals surface area contributed by atoms with Gasteiger partial charge in [-0.1, -0.05) is 83.5 Å². The van der Waals surface area contributed by atoms with Crippen LogP contribution in [0.1, 0.15) is 69.4 Å². The standard InChI is InChI=1S/C24H33NO2/c1-16-8-10-17(11-9-16)15-25-21(26)14-18-12-19(23(2,3)4)22(27)20(13-18)24(5,6)7/h8-13,27H,14-15H2,1-7H3,(H,25,26). The molecule has 0 aliphatic carbocycles. The Morgan fingerprint density at radius 3 is 1.81 bits per heavy atom. The number of benzene rings is 2. The SMILES string of the molecule is Cc1ccc(CNC(=O)Cc2cc(C(C)(C)C)c(O)c(C(C)(C)C)c2)cc1. The summed E-state index contributed by atoms with van der Waals surface area (Å²) in [7, 11) is 0. The van der Waals surface area contributed by atoms with Crippen molar-refractivity contribution in [3.8, 4) is 5.75 Å². The molecule has 0 aliphatic rings. The van der Waals surface area contributed by atoms with E-state index in [-0.39, 0.29) is 16.7 Å². The zero-order chi connectivity index (χ0) is 20.4. The fraction of sp³-hybridized carbons (Fsp3) is 0.458. The van der Waals surface area contributed by atoms with Crippen LogP contribution in [-0.2, 0) is 28.6 Å². The van der Waals surface area contributed by atoms with E-state index in [0.717, 1.165) is 22.3 Å². The first kappa shape index (κ1) is 21.0. The van der Waals surface area contributed by atoms with Crippen molar-refractivity contribution < 1.29 is 9.90 Å². The molecule has 2 N–H and O–H groups in total. The van der Waals surface area contributed by atoms with Gasteiger partial charge in [0.15, 0.2) is 0 Å². The van der Waals surface area contributed by atoms with Crippen molar-refractivity contribution in [2.45, 2.75) is 72.3 Å². The summed E-state index contributed by atoms with van der Waals surface area (Å²) in [6, 6.07) is 12.1. The minimum absolute atomic E-state index is 0.0130. The molecule has 0 atom stereocenters. The van der Waals surface area contributed by atoms with Crippen molar-refractivity contribution in [3.63, 3.8) is 0 Å². The molecule has 0 heterocycles. The van der Waals surface area contributed by atoms with E-state index < -0.39 is 0 Å². The number of phenolic OH excluding ortho intramolecular Hbond substituents is 1. The van der Waals surface area contributed by atoms with Gasteiger partial charge in [-0.3, -0.25) is 4.79 Å². The average molecular weight is 368 g/mol. The van der Waals surface area contributed by atoms with Gasteiger partial charge < -0.3 is 10.4 Å². The first-order valence-corrected chi connectivity index (χ1v) is 9.57. The number of carbonyl (C=O) groups excluding carboxylic acids is 1. The highest BCUT2D eigenvalue weighted by Gasteiger charge is 2.26. The molecule has 0 saturated carbocycles. The van der Waals surface area contributed by atoms with Crippen LogP contribution in [0.5, 0.6) is 5.75 Å². The summed E-state index contributed by atoms with van der Waals surface area (Å²) >= 11 is 0. The quantitative estimate of drug-likeness (QED) is 0.785. The summed E-state index contributed by atoms with van der Waals surface area (Å²) in [5, 5.41) is 13.8. The predicted octanol–water partition coefficient (Wildman–Crippen LogP) is 5.15. The number of phenols is 1. The molecule has 0 bridgehead atoms. The maximum absolute atomic E-state index is 12.5. The van der Waals surface area contributed by atoms with Crippen LogP contribution in [0.2, 0.25) is 0 Å². The van der Waals surface area contributed by atoms with Crippen LogP contribution in [0, 0.1) is 6.92 Å². The molecule has 0 fully saturated rings. The van der Waals surface area contributed by atoms with Crippen LogP contribution < -0.4 is 5.32 Å². The van der Waals surface area contributed by atoms with Crippen molar-refractivity contribution in [1.82, 2.24) is 5.32 Å². The lowest BCUT2D eigenvalue weighted by Crippen LogP contribution is -2.25. The Kier molecular flexibility index (Phi) is 6.04. The number of amides is 1. The molecule has 0 radical (unpaired) electrons. The topological polar surface area (TPSA) is 49.3 Å². The van der Waals surface area contributed by atoms with Crippen LogP contribution in [0.15, 0.2) is 36.4 Å². The molecule has 2 aromatic carbocycles. The summed E-state index contributed by atoms with van der Waals surface area (Å²) in [5.74, 6) is 0.333. The lowest BCUT2D eigenvalue weighted by Gasteiger charge is -2.28. The Balaban J connectivity index is 2.21. The zero-order valence-electron chi connectivity index (χ0n) is 17.7. The first-order valence-electron chi connectivity index (χ1n) is 9.57. The number of nitrogens with one attached hydrogen (secondary N) is 1. The van der Waals surface area contributed by atoms with E-state index in [9.17, 15) is 9.90 Å². The maximum atomic E-state index is 12.5. The molecule has 27 heavy (non-hydrogen) atoms. The zero-order valence-corrected chi connectivity index (χ0v) is 17.7. The van der Waals surface area contributed by atoms with E-state index in [1.807, 2.05) is 43.3 Å². The number of aromatic hydroxyl groups is 1. The smallest absolute Gasteiger partial charge is 0.224 e. The molecular formula is C24H33NO2. The molecule has 1 amide bonds. The van der Waals surface area contributed by atoms with E-state index in [1.165, 1.54) is 5.56 Å². The highest BCUT2D eigenvalue weighted by Crippen LogP contribution is 2.39. The third-order valence-electron chi connectivity index (χ3n) is 4.76. The van der Waals surface area contributed by atoms with Crippen molar-refractivity contribution in [1.29, 1.82) is 0 Å². The molecule has 0 unspecified atom stereocenters. The molecule has 0 aliphatic heterocycles. The summed E-state index contributed by atoms with van der Waals surface area (Å²) in [4.78, 5) is 12.5. The number of aryl methyl sites for hydroxylation is 1. The van der Waals surface area contributed by atoms with Crippen molar-refractivity contribution in [3.05, 3.63) is 64.2 Å². The molecule has 3 heteroatoms. The van der Waals surface area contributed by atoms with Crippen LogP contribution in [-0.4, -0.2) is 11.0 Å². The molecule has 2 rings (SSSR count). The minimum Gasteiger partial charge on any atom is -0.507 e. The summed E-state index contributed by atoms with van der Waals surface area (Å²) < 4.78 is 0. The molecule has 2 aromatic rings. The van der Waals surface area contributed by atoms with Crippen molar-refractivity contribution >= 4 is 5.91 Å². The second-order valence-electron chi connectivity index (χ2n) is 9.48. The van der Waals surface area contributed by atoms with Gasteiger partial charge in [0.2, 0.25) is 5.91 Å². The van der Waals surface area contributed by atoms with Crippen molar-refractivity contribution in [2.75, 3.05) is 0 Å². The monoisotopic (exact) mass is 367 g/mol. The van der Waals surface area contributed by atoms with Crippen molar-refractivity contribution in [2.24, 2.45) is 0 Å². The molecule has 0 aromatic heterocycles. The van der Waals surface area contributed by atoms with Gasteiger partial charge in [-0.25, -0.2) is 0 Å². The van der Waals surface area contributed by atoms with Gasteiger partial charge in [0.25, 0.3) is 0 Å². The number of carbonyl (C=O) groups is 1. The first-order chi connectivity index (χ1) is 12.4. The Labute approximate surface area is 163 Å². The van der Waals surface area contributed by atoms with Gasteiger partial charge in [-0.05, 0) is 40.0 Å². The third-order valence-corrected chi connectivity index (χ3v) is 4.76. The lowest BCUT2D eigenvalue weighted by molar-refractivity contribution is -0.120. The fourth-order valence-electron chi connectivity index (χ4n) is 3.09. The van der Waals surface area contributed by atoms with Crippen LogP contribution in [0.3, 0.4) is 0 Å². The number of rotatable bonds is 4. The van der Waals surface area contributed by atoms with Crippen LogP contribution in [0.25, 0.3) is 0 Å². The van der Waals surface area contributed by atoms with Gasteiger partial charge in [0.1, 0.15) is 5.75 Å². The van der Waals surface area contributed by atoms with E-state index in [0.29, 0.717) is 18.7 Å². The van der Waals surface area contributed by atoms with Gasteiger partial charge >= 0.3 is 0 Å². The fourth-order valence-corrected chi connectivity index (χ4v) is 3.09. The van der Waals surface area contributed by atoms with Gasteiger partial charge in [-0.15, -0.1) is 0 Å². The molecule has 0 saturated heterocycles. The highest BCUT2D eigenvalue weighted by molar-refractivity contribution is 5.79. The summed E-state index contributed by atoms with van der Waals surface area (Å²) in [6.07, 6.45) is 0.304. The second kappa shape index (κ2) is 7.75. The van der Waals surface area contributed by atoms with E-state index in [1.54, 1.807) is 0 Å². The number of hydrogen-bond acceptors (Lipinski definition) is 2. The molecule has 0 spiro atoms.